The van der Waals surface area contributed by atoms with Crippen molar-refractivity contribution < 1.29 is 37.9 Å². The van der Waals surface area contributed by atoms with Crippen molar-refractivity contribution in [2.24, 2.45) is 0 Å². The summed E-state index contributed by atoms with van der Waals surface area (Å²) in [6.45, 7) is 0.999. The molecule has 0 radical (unpaired) electrons. The van der Waals surface area contributed by atoms with Crippen molar-refractivity contribution >= 4 is 19.8 Å². The molecule has 0 aromatic carbocycles. The van der Waals surface area contributed by atoms with Crippen LogP contribution >= 0.6 is 7.82 Å². The smallest absolute Gasteiger partial charge is 0.456 e. The average molecular weight is 512 g/mol. The molecule has 0 heterocycles. The van der Waals surface area contributed by atoms with Crippen LogP contribution in [0.4, 0.5) is 0 Å². The van der Waals surface area contributed by atoms with Crippen molar-refractivity contribution in [1.82, 2.24) is 0 Å². The molecular formula is C27H29O8P. The second-order valence-electron chi connectivity index (χ2n) is 7.12. The van der Waals surface area contributed by atoms with Gasteiger partial charge >= 0.3 is 19.8 Å². The minimum atomic E-state index is -4.81. The Hall–Kier alpha value is -3.59. The van der Waals surface area contributed by atoms with E-state index in [2.05, 4.69) is 76.6 Å². The van der Waals surface area contributed by atoms with E-state index >= 15 is 0 Å². The molecule has 9 heteroatoms. The zero-order chi connectivity index (χ0) is 26.9. The number of hydrogen-bond acceptors (Lipinski definition) is 6. The SMILES string of the molecule is C#CC#CC#CC#CC#CC#CC(=O)OC[C@@H](COP(=O)(O)O)OC(=O)CCCCCCCCCC. The molecule has 0 aliphatic heterocycles. The van der Waals surface area contributed by atoms with E-state index in [0.29, 0.717) is 6.42 Å². The summed E-state index contributed by atoms with van der Waals surface area (Å²) in [5, 5.41) is 0. The van der Waals surface area contributed by atoms with Crippen LogP contribution in [0.5, 0.6) is 0 Å². The number of unbranched alkanes of at least 4 members (excludes halogenated alkanes) is 7. The Morgan fingerprint density at radius 3 is 1.89 bits per heavy atom. The van der Waals surface area contributed by atoms with Crippen molar-refractivity contribution in [2.75, 3.05) is 13.2 Å². The van der Waals surface area contributed by atoms with Gasteiger partial charge in [0.05, 0.1) is 6.61 Å². The van der Waals surface area contributed by atoms with Crippen LogP contribution in [-0.4, -0.2) is 41.0 Å². The third kappa shape index (κ3) is 23.6. The summed E-state index contributed by atoms with van der Waals surface area (Å²) >= 11 is 0. The van der Waals surface area contributed by atoms with Crippen molar-refractivity contribution in [3.63, 3.8) is 0 Å². The lowest BCUT2D eigenvalue weighted by molar-refractivity contribution is -0.158. The number of phosphoric acid groups is 1. The van der Waals surface area contributed by atoms with E-state index in [-0.39, 0.29) is 6.42 Å². The third-order valence-corrected chi connectivity index (χ3v) is 4.58. The van der Waals surface area contributed by atoms with Crippen molar-refractivity contribution in [3.05, 3.63) is 0 Å². The van der Waals surface area contributed by atoms with Gasteiger partial charge in [0, 0.05) is 12.3 Å². The summed E-state index contributed by atoms with van der Waals surface area (Å²) in [5.74, 6) is 23.6. The van der Waals surface area contributed by atoms with Crippen LogP contribution in [0.15, 0.2) is 0 Å². The number of rotatable bonds is 15. The van der Waals surface area contributed by atoms with Crippen molar-refractivity contribution in [3.8, 4) is 71.5 Å². The fourth-order valence-corrected chi connectivity index (χ4v) is 2.85. The number of phosphoric ester groups is 1. The van der Waals surface area contributed by atoms with Crippen LogP contribution in [0.3, 0.4) is 0 Å². The fourth-order valence-electron chi connectivity index (χ4n) is 2.49. The summed E-state index contributed by atoms with van der Waals surface area (Å²) in [7, 11) is -4.81. The molecule has 190 valence electrons. The Balaban J connectivity index is 4.57. The molecule has 0 fully saturated rings. The highest BCUT2D eigenvalue weighted by Crippen LogP contribution is 2.35. The lowest BCUT2D eigenvalue weighted by Crippen LogP contribution is -2.29. The van der Waals surface area contributed by atoms with Crippen LogP contribution in [-0.2, 0) is 28.2 Å². The summed E-state index contributed by atoms with van der Waals surface area (Å²) < 4.78 is 25.4. The van der Waals surface area contributed by atoms with E-state index in [1.807, 2.05) is 0 Å². The molecule has 0 saturated carbocycles. The number of esters is 2. The van der Waals surface area contributed by atoms with E-state index in [1.165, 1.54) is 25.7 Å². The predicted octanol–water partition coefficient (Wildman–Crippen LogP) is 2.73. The molecule has 0 aliphatic rings. The molecule has 1 atom stereocenters. The Morgan fingerprint density at radius 1 is 0.806 bits per heavy atom. The summed E-state index contributed by atoms with van der Waals surface area (Å²) in [6, 6.07) is 0. The van der Waals surface area contributed by atoms with Crippen molar-refractivity contribution in [2.45, 2.75) is 70.8 Å². The Kier molecular flexibility index (Phi) is 19.7. The minimum absolute atomic E-state index is 0.132. The quantitative estimate of drug-likeness (QED) is 0.113. The fraction of sp³-hybridized carbons (Fsp3) is 0.481. The van der Waals surface area contributed by atoms with E-state index in [9.17, 15) is 14.2 Å². The molecule has 0 unspecified atom stereocenters. The first kappa shape index (κ1) is 32.4. The number of carbonyl (C=O) groups excluding carboxylic acids is 2. The monoisotopic (exact) mass is 512 g/mol. The minimum Gasteiger partial charge on any atom is -0.456 e. The molecule has 0 rings (SSSR count). The van der Waals surface area contributed by atoms with Gasteiger partial charge in [-0.05, 0) is 65.6 Å². The van der Waals surface area contributed by atoms with Crippen LogP contribution in [0.2, 0.25) is 0 Å². The molecule has 0 aromatic heterocycles. The molecular weight excluding hydrogens is 483 g/mol. The number of carbonyl (C=O) groups is 2. The van der Waals surface area contributed by atoms with E-state index < -0.39 is 39.1 Å². The first-order chi connectivity index (χ1) is 17.3. The Bertz CT molecular complexity index is 1100. The molecule has 0 spiro atoms. The van der Waals surface area contributed by atoms with Gasteiger partial charge in [-0.2, -0.15) is 0 Å². The average Bonchev–Trinajstić information content (AvgIpc) is 2.83. The van der Waals surface area contributed by atoms with Crippen LogP contribution in [0.1, 0.15) is 64.7 Å². The standard InChI is InChI=1S/C27H29O8P/c1-3-5-7-9-11-13-14-16-17-19-21-26(28)33-23-25(24-34-36(30,31)32)35-27(29)22-20-18-15-12-10-8-6-4-2/h1,25H,4,6,8,10,12,15,18,20,22-24H2,2H3,(H2,30,31,32)/t25-/m0/s1. The highest BCUT2D eigenvalue weighted by atomic mass is 31.2. The third-order valence-electron chi connectivity index (χ3n) is 4.10. The molecule has 8 nitrogen and oxygen atoms in total. The van der Waals surface area contributed by atoms with E-state index in [1.54, 1.807) is 0 Å². The zero-order valence-electron chi connectivity index (χ0n) is 20.2. The maximum Gasteiger partial charge on any atom is 0.469 e. The lowest BCUT2D eigenvalue weighted by Gasteiger charge is -2.17. The van der Waals surface area contributed by atoms with Crippen LogP contribution in [0, 0.1) is 71.5 Å². The van der Waals surface area contributed by atoms with Gasteiger partial charge in [-0.3, -0.25) is 9.32 Å². The van der Waals surface area contributed by atoms with E-state index in [0.717, 1.165) is 19.3 Å². The van der Waals surface area contributed by atoms with Crippen LogP contribution < -0.4 is 0 Å². The summed E-state index contributed by atoms with van der Waals surface area (Å²) in [5.41, 5.74) is 0. The molecule has 0 aliphatic carbocycles. The van der Waals surface area contributed by atoms with Gasteiger partial charge in [0.1, 0.15) is 6.61 Å². The molecule has 36 heavy (non-hydrogen) atoms. The number of terminal acetylenes is 1. The van der Waals surface area contributed by atoms with Gasteiger partial charge in [0.25, 0.3) is 0 Å². The Morgan fingerprint density at radius 2 is 1.33 bits per heavy atom. The lowest BCUT2D eigenvalue weighted by atomic mass is 10.1. The first-order valence-corrected chi connectivity index (χ1v) is 12.8. The first-order valence-electron chi connectivity index (χ1n) is 11.3. The maximum absolute atomic E-state index is 12.1. The van der Waals surface area contributed by atoms with Crippen LogP contribution in [0.25, 0.3) is 0 Å². The second kappa shape index (κ2) is 21.9. The summed E-state index contributed by atoms with van der Waals surface area (Å²) in [6.07, 6.45) is 12.2. The molecule has 0 saturated heterocycles. The molecule has 0 bridgehead atoms. The number of hydrogen-bond donors (Lipinski definition) is 2. The molecule has 0 amide bonds. The second-order valence-corrected chi connectivity index (χ2v) is 8.36. The topological polar surface area (TPSA) is 119 Å². The van der Waals surface area contributed by atoms with Gasteiger partial charge in [-0.15, -0.1) is 6.42 Å². The predicted molar refractivity (Wildman–Crippen MR) is 134 cm³/mol. The number of ether oxygens (including phenoxy) is 2. The molecule has 0 aromatic rings. The summed E-state index contributed by atoms with van der Waals surface area (Å²) in [4.78, 5) is 41.6. The van der Waals surface area contributed by atoms with Gasteiger partial charge < -0.3 is 19.3 Å². The Labute approximate surface area is 213 Å². The molecule has 2 N–H and O–H groups in total. The van der Waals surface area contributed by atoms with E-state index in [4.69, 9.17) is 25.7 Å². The van der Waals surface area contributed by atoms with Gasteiger partial charge in [0.15, 0.2) is 6.10 Å². The zero-order valence-corrected chi connectivity index (χ0v) is 21.1. The maximum atomic E-state index is 12.1. The van der Waals surface area contributed by atoms with Crippen molar-refractivity contribution in [1.29, 1.82) is 0 Å². The van der Waals surface area contributed by atoms with Gasteiger partial charge in [0.2, 0.25) is 0 Å². The van der Waals surface area contributed by atoms with Gasteiger partial charge in [-0.25, -0.2) is 9.36 Å². The van der Waals surface area contributed by atoms with Gasteiger partial charge in [-0.1, -0.05) is 51.9 Å². The highest BCUT2D eigenvalue weighted by molar-refractivity contribution is 7.46. The largest absolute Gasteiger partial charge is 0.469 e. The normalized spacial score (nSPS) is 9.94. The highest BCUT2D eigenvalue weighted by Gasteiger charge is 2.22.